The van der Waals surface area contributed by atoms with Crippen LogP contribution in [0.2, 0.25) is 15.1 Å². The van der Waals surface area contributed by atoms with Gasteiger partial charge in [0.15, 0.2) is 5.50 Å². The van der Waals surface area contributed by atoms with E-state index in [4.69, 9.17) is 46.4 Å². The highest BCUT2D eigenvalue weighted by molar-refractivity contribution is 6.41. The van der Waals surface area contributed by atoms with E-state index in [-0.39, 0.29) is 0 Å². The molecule has 0 radical (unpaired) electrons. The molecular formula is C13H8Cl4N2. The van der Waals surface area contributed by atoms with Crippen molar-refractivity contribution in [2.75, 3.05) is 0 Å². The van der Waals surface area contributed by atoms with Crippen molar-refractivity contribution < 1.29 is 0 Å². The van der Waals surface area contributed by atoms with Crippen LogP contribution in [-0.4, -0.2) is 0 Å². The molecule has 0 aromatic heterocycles. The van der Waals surface area contributed by atoms with E-state index in [0.717, 1.165) is 5.56 Å². The summed E-state index contributed by atoms with van der Waals surface area (Å²) in [5, 5.41) is 9.09. The van der Waals surface area contributed by atoms with Gasteiger partial charge in [-0.2, -0.15) is 10.2 Å². The fourth-order valence-electron chi connectivity index (χ4n) is 1.42. The lowest BCUT2D eigenvalue weighted by Crippen LogP contribution is -1.84. The number of nitrogens with zero attached hydrogens (tertiary/aromatic N) is 2. The van der Waals surface area contributed by atoms with E-state index in [9.17, 15) is 0 Å². The highest BCUT2D eigenvalue weighted by Gasteiger charge is 2.09. The molecule has 0 fully saturated rings. The van der Waals surface area contributed by atoms with E-state index in [1.165, 1.54) is 0 Å². The zero-order valence-electron chi connectivity index (χ0n) is 9.53. The average Bonchev–Trinajstić information content (AvgIpc) is 2.38. The van der Waals surface area contributed by atoms with Crippen molar-refractivity contribution >= 4 is 52.1 Å². The van der Waals surface area contributed by atoms with E-state index in [1.54, 1.807) is 12.1 Å². The van der Waals surface area contributed by atoms with Gasteiger partial charge in [0.1, 0.15) is 5.69 Å². The van der Waals surface area contributed by atoms with Crippen LogP contribution in [0.5, 0.6) is 0 Å². The Morgan fingerprint density at radius 3 is 2.05 bits per heavy atom. The van der Waals surface area contributed by atoms with Gasteiger partial charge in [-0.25, -0.2) is 0 Å². The lowest BCUT2D eigenvalue weighted by Gasteiger charge is -2.04. The van der Waals surface area contributed by atoms with Crippen molar-refractivity contribution in [2.24, 2.45) is 10.2 Å². The van der Waals surface area contributed by atoms with Gasteiger partial charge < -0.3 is 0 Å². The quantitative estimate of drug-likeness (QED) is 0.340. The zero-order chi connectivity index (χ0) is 13.8. The van der Waals surface area contributed by atoms with Crippen LogP contribution in [0.25, 0.3) is 0 Å². The molecule has 0 saturated heterocycles. The third kappa shape index (κ3) is 3.83. The first kappa shape index (κ1) is 14.6. The first-order chi connectivity index (χ1) is 9.08. The van der Waals surface area contributed by atoms with E-state index >= 15 is 0 Å². The predicted molar refractivity (Wildman–Crippen MR) is 81.0 cm³/mol. The van der Waals surface area contributed by atoms with Crippen LogP contribution in [-0.2, 0) is 0 Å². The zero-order valence-corrected chi connectivity index (χ0v) is 12.5. The highest BCUT2D eigenvalue weighted by Crippen LogP contribution is 2.37. The topological polar surface area (TPSA) is 24.7 Å². The summed E-state index contributed by atoms with van der Waals surface area (Å²) in [6, 6.07) is 12.5. The minimum atomic E-state index is -0.594. The monoisotopic (exact) mass is 332 g/mol. The van der Waals surface area contributed by atoms with Gasteiger partial charge in [0, 0.05) is 5.02 Å². The van der Waals surface area contributed by atoms with Crippen molar-refractivity contribution in [1.29, 1.82) is 0 Å². The number of azo groups is 1. The molecule has 1 atom stereocenters. The SMILES string of the molecule is Clc1cc(Cl)c(N=NC(Cl)c2ccccc2)c(Cl)c1. The molecular weight excluding hydrogens is 326 g/mol. The number of alkyl halides is 1. The molecule has 0 aliphatic heterocycles. The summed E-state index contributed by atoms with van der Waals surface area (Å²) in [6.45, 7) is 0. The molecule has 0 saturated carbocycles. The third-order valence-corrected chi connectivity index (χ3v) is 3.45. The van der Waals surface area contributed by atoms with Crippen LogP contribution < -0.4 is 0 Å². The van der Waals surface area contributed by atoms with Crippen LogP contribution in [0.1, 0.15) is 11.1 Å². The van der Waals surface area contributed by atoms with E-state index in [2.05, 4.69) is 10.2 Å². The minimum absolute atomic E-state index is 0.332. The van der Waals surface area contributed by atoms with Crippen molar-refractivity contribution in [3.8, 4) is 0 Å². The highest BCUT2D eigenvalue weighted by atomic mass is 35.5. The Hall–Kier alpha value is -0.800. The van der Waals surface area contributed by atoms with Crippen LogP contribution in [0.4, 0.5) is 5.69 Å². The molecule has 19 heavy (non-hydrogen) atoms. The second-order valence-electron chi connectivity index (χ2n) is 3.68. The molecule has 6 heteroatoms. The van der Waals surface area contributed by atoms with Gasteiger partial charge in [0.2, 0.25) is 0 Å². The van der Waals surface area contributed by atoms with Crippen LogP contribution in [0.15, 0.2) is 52.7 Å². The molecule has 0 amide bonds. The van der Waals surface area contributed by atoms with Crippen molar-refractivity contribution in [1.82, 2.24) is 0 Å². The number of halogens is 4. The summed E-state index contributed by atoms with van der Waals surface area (Å²) in [7, 11) is 0. The molecule has 1 unspecified atom stereocenters. The molecule has 2 nitrogen and oxygen atoms in total. The molecule has 2 aromatic rings. The maximum atomic E-state index is 6.12. The first-order valence-electron chi connectivity index (χ1n) is 5.32. The van der Waals surface area contributed by atoms with Crippen molar-refractivity contribution in [3.05, 3.63) is 63.1 Å². The van der Waals surface area contributed by atoms with Crippen LogP contribution in [0.3, 0.4) is 0 Å². The fourth-order valence-corrected chi connectivity index (χ4v) is 2.50. The number of benzene rings is 2. The van der Waals surface area contributed by atoms with Crippen LogP contribution >= 0.6 is 46.4 Å². The average molecular weight is 334 g/mol. The van der Waals surface area contributed by atoms with Gasteiger partial charge >= 0.3 is 0 Å². The molecule has 2 rings (SSSR count). The summed E-state index contributed by atoms with van der Waals surface area (Å²) in [4.78, 5) is 0. The largest absolute Gasteiger partial charge is 0.169 e. The second-order valence-corrected chi connectivity index (χ2v) is 5.34. The van der Waals surface area contributed by atoms with Gasteiger partial charge in [-0.15, -0.1) is 0 Å². The third-order valence-electron chi connectivity index (χ3n) is 2.32. The Labute approximate surface area is 131 Å². The van der Waals surface area contributed by atoms with Crippen molar-refractivity contribution in [2.45, 2.75) is 5.50 Å². The van der Waals surface area contributed by atoms with Gasteiger partial charge in [0.25, 0.3) is 0 Å². The molecule has 98 valence electrons. The molecule has 0 N–H and O–H groups in total. The minimum Gasteiger partial charge on any atom is -0.164 e. The lowest BCUT2D eigenvalue weighted by molar-refractivity contribution is 0.921. The number of rotatable bonds is 3. The predicted octanol–water partition coefficient (Wildman–Crippen LogP) is 6.67. The lowest BCUT2D eigenvalue weighted by atomic mass is 10.2. The van der Waals surface area contributed by atoms with E-state index < -0.39 is 5.50 Å². The standard InChI is InChI=1S/C13H8Cl4N2/c14-9-6-10(15)12(11(16)7-9)18-19-13(17)8-4-2-1-3-5-8/h1-7,13H. The van der Waals surface area contributed by atoms with E-state index in [0.29, 0.717) is 20.8 Å². The Bertz CT molecular complexity index is 576. The van der Waals surface area contributed by atoms with Gasteiger partial charge in [-0.1, -0.05) is 76.7 Å². The Morgan fingerprint density at radius 1 is 0.895 bits per heavy atom. The molecule has 0 aliphatic rings. The summed E-state index contributed by atoms with van der Waals surface area (Å²) in [5.74, 6) is 0. The van der Waals surface area contributed by atoms with Gasteiger partial charge in [-0.05, 0) is 17.7 Å². The van der Waals surface area contributed by atoms with Gasteiger partial charge in [-0.3, -0.25) is 0 Å². The molecule has 0 heterocycles. The molecule has 0 aliphatic carbocycles. The number of hydrogen-bond donors (Lipinski definition) is 0. The summed E-state index contributed by atoms with van der Waals surface area (Å²) < 4.78 is 0. The number of hydrogen-bond acceptors (Lipinski definition) is 2. The van der Waals surface area contributed by atoms with Crippen molar-refractivity contribution in [3.63, 3.8) is 0 Å². The smallest absolute Gasteiger partial charge is 0.164 e. The fraction of sp³-hybridized carbons (Fsp3) is 0.0769. The maximum Gasteiger partial charge on any atom is 0.169 e. The molecule has 2 aromatic carbocycles. The first-order valence-corrected chi connectivity index (χ1v) is 6.89. The second kappa shape index (κ2) is 6.58. The summed E-state index contributed by atoms with van der Waals surface area (Å²) in [6.07, 6.45) is 0. The Kier molecular flexibility index (Phi) is 5.06. The normalized spacial score (nSPS) is 12.8. The molecule has 0 bridgehead atoms. The Balaban J connectivity index is 2.24. The maximum absolute atomic E-state index is 6.12. The van der Waals surface area contributed by atoms with Crippen LogP contribution in [0, 0.1) is 0 Å². The van der Waals surface area contributed by atoms with Gasteiger partial charge in [0.05, 0.1) is 10.0 Å². The van der Waals surface area contributed by atoms with E-state index in [1.807, 2.05) is 30.3 Å². The Morgan fingerprint density at radius 2 is 1.47 bits per heavy atom. The molecule has 0 spiro atoms. The summed E-state index contributed by atoms with van der Waals surface area (Å²) >= 11 is 23.9. The summed E-state index contributed by atoms with van der Waals surface area (Å²) in [5.41, 5.74) is 0.604.